The molecule has 0 amide bonds. The van der Waals surface area contributed by atoms with Crippen LogP contribution in [0.4, 0.5) is 0 Å². The van der Waals surface area contributed by atoms with Crippen LogP contribution in [0.25, 0.3) is 0 Å². The Labute approximate surface area is 96.2 Å². The first kappa shape index (κ1) is 13.6. The van der Waals surface area contributed by atoms with Gasteiger partial charge in [0, 0.05) is 0 Å². The van der Waals surface area contributed by atoms with Crippen molar-refractivity contribution < 1.29 is 22.1 Å². The Morgan fingerprint density at radius 2 is 1.69 bits per heavy atom. The van der Waals surface area contributed by atoms with E-state index in [0.29, 0.717) is 12.8 Å². The summed E-state index contributed by atoms with van der Waals surface area (Å²) < 4.78 is 32.1. The number of ketones is 1. The topological polar surface area (TPSA) is 69.7 Å². The molecule has 0 spiro atoms. The second-order valence-corrected chi connectivity index (χ2v) is 5.81. The Bertz CT molecular complexity index is 327. The van der Waals surface area contributed by atoms with Crippen molar-refractivity contribution in [2.75, 3.05) is 12.9 Å². The van der Waals surface area contributed by atoms with Crippen molar-refractivity contribution in [2.45, 2.75) is 44.8 Å². The van der Waals surface area contributed by atoms with Gasteiger partial charge in [0.25, 0.3) is 10.1 Å². The van der Waals surface area contributed by atoms with Crippen LogP contribution < -0.4 is 0 Å². The van der Waals surface area contributed by atoms with E-state index in [4.69, 9.17) is 8.92 Å². The second kappa shape index (κ2) is 5.75. The van der Waals surface area contributed by atoms with E-state index in [9.17, 15) is 13.2 Å². The third-order valence-corrected chi connectivity index (χ3v) is 3.08. The number of hydrogen-bond acceptors (Lipinski definition) is 5. The van der Waals surface area contributed by atoms with Gasteiger partial charge >= 0.3 is 0 Å². The van der Waals surface area contributed by atoms with E-state index in [0.717, 1.165) is 19.1 Å². The van der Waals surface area contributed by atoms with Crippen LogP contribution in [-0.2, 0) is 23.8 Å². The summed E-state index contributed by atoms with van der Waals surface area (Å²) in [7, 11) is -3.36. The van der Waals surface area contributed by atoms with Gasteiger partial charge in [0.05, 0.1) is 18.5 Å². The molecule has 1 aliphatic rings. The zero-order chi connectivity index (χ0) is 12.2. The summed E-state index contributed by atoms with van der Waals surface area (Å²) in [6, 6.07) is 0. The number of carbonyl (C=O) groups excluding carboxylic acids is 1. The fourth-order valence-corrected chi connectivity index (χ4v) is 2.46. The summed E-state index contributed by atoms with van der Waals surface area (Å²) in [5.74, 6) is 0.00881. The number of ether oxygens (including phenoxy) is 1. The SMILES string of the molecule is CC(=O)COC1CCC(OS(C)(=O)=O)CC1. The van der Waals surface area contributed by atoms with Crippen molar-refractivity contribution in [2.24, 2.45) is 0 Å². The zero-order valence-electron chi connectivity index (χ0n) is 9.64. The highest BCUT2D eigenvalue weighted by molar-refractivity contribution is 7.86. The van der Waals surface area contributed by atoms with Crippen LogP contribution >= 0.6 is 0 Å². The number of carbonyl (C=O) groups is 1. The molecule has 0 aliphatic heterocycles. The lowest BCUT2D eigenvalue weighted by atomic mass is 9.95. The molecule has 0 saturated heterocycles. The Morgan fingerprint density at radius 1 is 1.19 bits per heavy atom. The molecule has 1 fully saturated rings. The van der Waals surface area contributed by atoms with Crippen molar-refractivity contribution in [1.29, 1.82) is 0 Å². The first-order chi connectivity index (χ1) is 7.37. The van der Waals surface area contributed by atoms with Crippen LogP contribution in [0, 0.1) is 0 Å². The molecule has 0 aromatic heterocycles. The highest BCUT2D eigenvalue weighted by Gasteiger charge is 2.24. The molecular weight excluding hydrogens is 232 g/mol. The molecular formula is C10H18O5S. The lowest BCUT2D eigenvalue weighted by Gasteiger charge is -2.27. The molecule has 0 aromatic carbocycles. The first-order valence-corrected chi connectivity index (χ1v) is 7.18. The summed E-state index contributed by atoms with van der Waals surface area (Å²) in [4.78, 5) is 10.7. The van der Waals surface area contributed by atoms with Crippen molar-refractivity contribution in [3.8, 4) is 0 Å². The van der Waals surface area contributed by atoms with Crippen LogP contribution in [0.2, 0.25) is 0 Å². The van der Waals surface area contributed by atoms with Crippen LogP contribution in [-0.4, -0.2) is 39.3 Å². The molecule has 94 valence electrons. The highest BCUT2D eigenvalue weighted by atomic mass is 32.2. The van der Waals surface area contributed by atoms with Gasteiger partial charge in [0.15, 0.2) is 5.78 Å². The Balaban J connectivity index is 2.26. The molecule has 6 heteroatoms. The highest BCUT2D eigenvalue weighted by Crippen LogP contribution is 2.24. The average molecular weight is 250 g/mol. The second-order valence-electron chi connectivity index (χ2n) is 4.21. The number of hydrogen-bond donors (Lipinski definition) is 0. The summed E-state index contributed by atoms with van der Waals surface area (Å²) in [5.41, 5.74) is 0. The van der Waals surface area contributed by atoms with Gasteiger partial charge in [-0.2, -0.15) is 8.42 Å². The molecule has 0 N–H and O–H groups in total. The maximum absolute atomic E-state index is 10.9. The third kappa shape index (κ3) is 5.58. The standard InChI is InChI=1S/C10H18O5S/c1-8(11)7-14-9-3-5-10(6-4-9)15-16(2,12)13/h9-10H,3-7H2,1-2H3. The van der Waals surface area contributed by atoms with Gasteiger partial charge < -0.3 is 4.74 Å². The van der Waals surface area contributed by atoms with Gasteiger partial charge in [-0.15, -0.1) is 0 Å². The van der Waals surface area contributed by atoms with Gasteiger partial charge in [0.1, 0.15) is 6.61 Å². The number of rotatable bonds is 5. The predicted octanol–water partition coefficient (Wildman–Crippen LogP) is 0.879. The first-order valence-electron chi connectivity index (χ1n) is 5.36. The Morgan fingerprint density at radius 3 is 2.12 bits per heavy atom. The molecule has 0 unspecified atom stereocenters. The Kier molecular flexibility index (Phi) is 4.89. The normalized spacial score (nSPS) is 26.6. The molecule has 0 radical (unpaired) electrons. The lowest BCUT2D eigenvalue weighted by molar-refractivity contribution is -0.124. The smallest absolute Gasteiger partial charge is 0.264 e. The molecule has 5 nitrogen and oxygen atoms in total. The summed E-state index contributed by atoms with van der Waals surface area (Å²) >= 11 is 0. The average Bonchev–Trinajstić information content (AvgIpc) is 2.14. The fraction of sp³-hybridized carbons (Fsp3) is 0.900. The monoisotopic (exact) mass is 250 g/mol. The molecule has 0 aromatic rings. The van der Waals surface area contributed by atoms with E-state index in [-0.39, 0.29) is 24.6 Å². The largest absolute Gasteiger partial charge is 0.370 e. The molecule has 0 bridgehead atoms. The van der Waals surface area contributed by atoms with Gasteiger partial charge in [-0.25, -0.2) is 0 Å². The summed E-state index contributed by atoms with van der Waals surface area (Å²) in [6.45, 7) is 1.63. The van der Waals surface area contributed by atoms with E-state index >= 15 is 0 Å². The van der Waals surface area contributed by atoms with E-state index < -0.39 is 10.1 Å². The maximum atomic E-state index is 10.9. The van der Waals surface area contributed by atoms with Gasteiger partial charge in [-0.05, 0) is 32.6 Å². The number of Topliss-reactive ketones (excluding diaryl/α,β-unsaturated/α-hetero) is 1. The molecule has 1 saturated carbocycles. The molecule has 16 heavy (non-hydrogen) atoms. The molecule has 1 aliphatic carbocycles. The lowest BCUT2D eigenvalue weighted by Crippen LogP contribution is -2.29. The van der Waals surface area contributed by atoms with Crippen molar-refractivity contribution >= 4 is 15.9 Å². The van der Waals surface area contributed by atoms with Gasteiger partial charge in [-0.1, -0.05) is 0 Å². The minimum Gasteiger partial charge on any atom is -0.370 e. The van der Waals surface area contributed by atoms with Crippen molar-refractivity contribution in [1.82, 2.24) is 0 Å². The van der Waals surface area contributed by atoms with Crippen LogP contribution in [0.1, 0.15) is 32.6 Å². The summed E-state index contributed by atoms with van der Waals surface area (Å²) in [5, 5.41) is 0. The van der Waals surface area contributed by atoms with Crippen LogP contribution in [0.5, 0.6) is 0 Å². The van der Waals surface area contributed by atoms with Gasteiger partial charge in [-0.3, -0.25) is 8.98 Å². The molecule has 1 rings (SSSR count). The molecule has 0 heterocycles. The van der Waals surface area contributed by atoms with Gasteiger partial charge in [0.2, 0.25) is 0 Å². The maximum Gasteiger partial charge on any atom is 0.264 e. The van der Waals surface area contributed by atoms with Crippen molar-refractivity contribution in [3.63, 3.8) is 0 Å². The minimum atomic E-state index is -3.36. The zero-order valence-corrected chi connectivity index (χ0v) is 10.5. The van der Waals surface area contributed by atoms with Crippen molar-refractivity contribution in [3.05, 3.63) is 0 Å². The molecule has 0 atom stereocenters. The summed E-state index contributed by atoms with van der Waals surface area (Å²) in [6.07, 6.45) is 3.70. The third-order valence-electron chi connectivity index (χ3n) is 2.45. The van der Waals surface area contributed by atoms with Crippen LogP contribution in [0.15, 0.2) is 0 Å². The van der Waals surface area contributed by atoms with E-state index in [1.54, 1.807) is 0 Å². The van der Waals surface area contributed by atoms with E-state index in [1.807, 2.05) is 0 Å². The quantitative estimate of drug-likeness (QED) is 0.677. The minimum absolute atomic E-state index is 0.00881. The Hall–Kier alpha value is -0.460. The van der Waals surface area contributed by atoms with E-state index in [2.05, 4.69) is 0 Å². The van der Waals surface area contributed by atoms with E-state index in [1.165, 1.54) is 6.92 Å². The van der Waals surface area contributed by atoms with Crippen LogP contribution in [0.3, 0.4) is 0 Å². The predicted molar refractivity (Wildman–Crippen MR) is 58.6 cm³/mol. The fourth-order valence-electron chi connectivity index (χ4n) is 1.78.